The highest BCUT2D eigenvalue weighted by Gasteiger charge is 2.41. The highest BCUT2D eigenvalue weighted by atomic mass is 32.2. The molecule has 0 fully saturated rings. The summed E-state index contributed by atoms with van der Waals surface area (Å²) >= 11 is 0. The summed E-state index contributed by atoms with van der Waals surface area (Å²) in [4.78, 5) is 12.7. The summed E-state index contributed by atoms with van der Waals surface area (Å²) in [6.07, 6.45) is 1.65. The van der Waals surface area contributed by atoms with E-state index in [1.54, 1.807) is 37.3 Å². The summed E-state index contributed by atoms with van der Waals surface area (Å²) in [5.41, 5.74) is 3.05. The number of rotatable bonds is 5. The Morgan fingerprint density at radius 3 is 2.41 bits per heavy atom. The Morgan fingerprint density at radius 1 is 1.11 bits per heavy atom. The van der Waals surface area contributed by atoms with E-state index in [1.165, 1.54) is 4.31 Å². The van der Waals surface area contributed by atoms with Crippen LogP contribution < -0.4 is 0 Å². The lowest BCUT2D eigenvalue weighted by molar-refractivity contribution is -0.138. The predicted molar refractivity (Wildman–Crippen MR) is 104 cm³/mol. The molecule has 2 aromatic rings. The number of carbonyl (C=O) groups excluding carboxylic acids is 1. The lowest BCUT2D eigenvalue weighted by Crippen LogP contribution is -2.33. The Bertz CT molecular complexity index is 977. The lowest BCUT2D eigenvalue weighted by atomic mass is 9.97. The van der Waals surface area contributed by atoms with Gasteiger partial charge in [0.25, 0.3) is 0 Å². The molecule has 0 bridgehead atoms. The van der Waals surface area contributed by atoms with Crippen molar-refractivity contribution >= 4 is 16.0 Å². The third-order valence-electron chi connectivity index (χ3n) is 4.70. The molecule has 0 aromatic heterocycles. The minimum absolute atomic E-state index is 0.128. The van der Waals surface area contributed by atoms with Crippen LogP contribution in [0.25, 0.3) is 0 Å². The fourth-order valence-corrected chi connectivity index (χ4v) is 4.79. The number of sulfonamides is 1. The fraction of sp³-hybridized carbons (Fsp3) is 0.286. The van der Waals surface area contributed by atoms with Crippen molar-refractivity contribution in [2.45, 2.75) is 31.7 Å². The van der Waals surface area contributed by atoms with Crippen LogP contribution in [-0.2, 0) is 19.6 Å². The van der Waals surface area contributed by atoms with E-state index in [2.05, 4.69) is 0 Å². The van der Waals surface area contributed by atoms with Crippen molar-refractivity contribution in [2.24, 2.45) is 0 Å². The molecule has 142 valence electrons. The number of nitrogens with zero attached hydrogens (tertiary/aromatic N) is 1. The quantitative estimate of drug-likeness (QED) is 0.739. The summed E-state index contributed by atoms with van der Waals surface area (Å²) in [5.74, 6) is -0.479. The molecule has 5 nitrogen and oxygen atoms in total. The van der Waals surface area contributed by atoms with E-state index in [-0.39, 0.29) is 18.0 Å². The van der Waals surface area contributed by atoms with E-state index >= 15 is 0 Å². The van der Waals surface area contributed by atoms with E-state index in [1.807, 2.05) is 38.1 Å². The molecular weight excluding hydrogens is 362 g/mol. The lowest BCUT2D eigenvalue weighted by Gasteiger charge is -2.27. The number of carbonyl (C=O) groups is 1. The number of benzene rings is 2. The van der Waals surface area contributed by atoms with Crippen molar-refractivity contribution in [3.05, 3.63) is 76.9 Å². The van der Waals surface area contributed by atoms with Crippen LogP contribution in [-0.4, -0.2) is 31.8 Å². The Morgan fingerprint density at radius 2 is 1.78 bits per heavy atom. The average molecular weight is 385 g/mol. The Kier molecular flexibility index (Phi) is 5.48. The normalized spacial score (nSPS) is 17.6. The van der Waals surface area contributed by atoms with Gasteiger partial charge in [0.05, 0.1) is 23.1 Å². The Balaban J connectivity index is 2.08. The van der Waals surface area contributed by atoms with Gasteiger partial charge in [-0.05, 0) is 44.0 Å². The van der Waals surface area contributed by atoms with Crippen molar-refractivity contribution in [3.63, 3.8) is 0 Å². The topological polar surface area (TPSA) is 63.7 Å². The van der Waals surface area contributed by atoms with Crippen LogP contribution in [0.5, 0.6) is 0 Å². The summed E-state index contributed by atoms with van der Waals surface area (Å²) in [7, 11) is -3.78. The first-order chi connectivity index (χ1) is 12.9. The number of hydrogen-bond donors (Lipinski definition) is 0. The van der Waals surface area contributed by atoms with Gasteiger partial charge in [-0.2, -0.15) is 4.31 Å². The highest BCUT2D eigenvalue weighted by Crippen LogP contribution is 2.39. The van der Waals surface area contributed by atoms with E-state index in [4.69, 9.17) is 4.74 Å². The van der Waals surface area contributed by atoms with Crippen LogP contribution in [0, 0.1) is 13.8 Å². The first kappa shape index (κ1) is 19.3. The molecular formula is C21H23NO4S. The second kappa shape index (κ2) is 7.66. The number of ether oxygens (including phenoxy) is 1. The average Bonchev–Trinajstić information content (AvgIpc) is 3.08. The number of aryl methyl sites for hydroxylation is 2. The molecule has 0 spiro atoms. The minimum atomic E-state index is -3.78. The van der Waals surface area contributed by atoms with Gasteiger partial charge in [0.15, 0.2) is 0 Å². The molecule has 2 aromatic carbocycles. The van der Waals surface area contributed by atoms with Crippen molar-refractivity contribution < 1.29 is 17.9 Å². The van der Waals surface area contributed by atoms with Crippen molar-refractivity contribution in [1.29, 1.82) is 0 Å². The van der Waals surface area contributed by atoms with Crippen molar-refractivity contribution in [3.8, 4) is 0 Å². The summed E-state index contributed by atoms with van der Waals surface area (Å²) in [6.45, 7) is 5.91. The molecule has 3 rings (SSSR count). The second-order valence-electron chi connectivity index (χ2n) is 6.53. The van der Waals surface area contributed by atoms with Crippen LogP contribution in [0.1, 0.15) is 29.7 Å². The largest absolute Gasteiger partial charge is 0.463 e. The maximum Gasteiger partial charge on any atom is 0.335 e. The molecule has 0 saturated heterocycles. The molecule has 0 amide bonds. The Hall–Kier alpha value is -2.44. The molecule has 6 heteroatoms. The van der Waals surface area contributed by atoms with E-state index in [0.29, 0.717) is 5.57 Å². The minimum Gasteiger partial charge on any atom is -0.463 e. The van der Waals surface area contributed by atoms with Gasteiger partial charge >= 0.3 is 5.97 Å². The van der Waals surface area contributed by atoms with E-state index in [0.717, 1.165) is 16.7 Å². The first-order valence-corrected chi connectivity index (χ1v) is 10.3. The molecule has 1 aliphatic heterocycles. The van der Waals surface area contributed by atoms with Gasteiger partial charge in [-0.3, -0.25) is 0 Å². The van der Waals surface area contributed by atoms with Gasteiger partial charge in [-0.25, -0.2) is 13.2 Å². The van der Waals surface area contributed by atoms with Crippen LogP contribution in [0.4, 0.5) is 0 Å². The van der Waals surface area contributed by atoms with Gasteiger partial charge < -0.3 is 4.74 Å². The first-order valence-electron chi connectivity index (χ1n) is 8.87. The third kappa shape index (κ3) is 3.68. The van der Waals surface area contributed by atoms with E-state index in [9.17, 15) is 13.2 Å². The molecule has 27 heavy (non-hydrogen) atoms. The maximum atomic E-state index is 13.3. The fourth-order valence-electron chi connectivity index (χ4n) is 3.27. The van der Waals surface area contributed by atoms with Crippen molar-refractivity contribution in [2.75, 3.05) is 13.2 Å². The van der Waals surface area contributed by atoms with Crippen LogP contribution in [0.3, 0.4) is 0 Å². The number of esters is 1. The molecule has 1 aliphatic rings. The van der Waals surface area contributed by atoms with E-state index < -0.39 is 22.0 Å². The molecule has 0 unspecified atom stereocenters. The van der Waals surface area contributed by atoms with Gasteiger partial charge in [0.2, 0.25) is 10.0 Å². The summed E-state index contributed by atoms with van der Waals surface area (Å²) < 4.78 is 33.2. The second-order valence-corrected chi connectivity index (χ2v) is 8.42. The molecule has 1 atom stereocenters. The highest BCUT2D eigenvalue weighted by molar-refractivity contribution is 7.89. The smallest absolute Gasteiger partial charge is 0.335 e. The molecule has 0 N–H and O–H groups in total. The molecule has 1 heterocycles. The van der Waals surface area contributed by atoms with Gasteiger partial charge in [0, 0.05) is 6.54 Å². The zero-order chi connectivity index (χ0) is 19.6. The maximum absolute atomic E-state index is 13.3. The third-order valence-corrected chi connectivity index (χ3v) is 6.54. The molecule has 0 aliphatic carbocycles. The summed E-state index contributed by atoms with van der Waals surface area (Å²) in [5, 5.41) is 0. The standard InChI is InChI=1S/C21H23NO4S/c1-4-26-21(23)19-13-14-22(20(19)18-8-6-5-7-16(18)3)27(24,25)17-11-9-15(2)10-12-17/h5-13,20H,4,14H2,1-3H3/t20-/m1/s1. The zero-order valence-corrected chi connectivity index (χ0v) is 16.5. The van der Waals surface area contributed by atoms with Crippen LogP contribution in [0.15, 0.2) is 65.1 Å². The van der Waals surface area contributed by atoms with Crippen LogP contribution in [0.2, 0.25) is 0 Å². The molecule has 0 radical (unpaired) electrons. The van der Waals surface area contributed by atoms with Crippen molar-refractivity contribution in [1.82, 2.24) is 4.31 Å². The summed E-state index contributed by atoms with van der Waals surface area (Å²) in [6, 6.07) is 13.5. The predicted octanol–water partition coefficient (Wildman–Crippen LogP) is 3.54. The van der Waals surface area contributed by atoms with Gasteiger partial charge in [-0.15, -0.1) is 0 Å². The van der Waals surface area contributed by atoms with Gasteiger partial charge in [0.1, 0.15) is 0 Å². The van der Waals surface area contributed by atoms with Gasteiger partial charge in [-0.1, -0.05) is 48.0 Å². The number of hydrogen-bond acceptors (Lipinski definition) is 4. The SMILES string of the molecule is CCOC(=O)C1=CCN(S(=O)(=O)c2ccc(C)cc2)[C@@H]1c1ccccc1C. The monoisotopic (exact) mass is 385 g/mol. The van der Waals surface area contributed by atoms with Crippen LogP contribution >= 0.6 is 0 Å². The zero-order valence-electron chi connectivity index (χ0n) is 15.7. The Labute approximate surface area is 160 Å². The molecule has 0 saturated carbocycles.